The third-order valence-corrected chi connectivity index (χ3v) is 7.83. The van der Waals surface area contributed by atoms with Crippen LogP contribution in [0.15, 0.2) is 60.7 Å². The van der Waals surface area contributed by atoms with E-state index in [1.807, 2.05) is 55.1 Å². The van der Waals surface area contributed by atoms with Crippen LogP contribution < -0.4 is 0 Å². The normalized spacial score (nSPS) is 25.2. The number of aryl methyl sites for hydroxylation is 2. The Bertz CT molecular complexity index is 1230. The van der Waals surface area contributed by atoms with E-state index in [-0.39, 0.29) is 30.7 Å². The quantitative estimate of drug-likeness (QED) is 0.601. The third-order valence-electron chi connectivity index (χ3n) is 7.83. The van der Waals surface area contributed by atoms with Gasteiger partial charge in [0.1, 0.15) is 6.61 Å². The van der Waals surface area contributed by atoms with Gasteiger partial charge in [-0.15, -0.1) is 0 Å². The first-order valence-corrected chi connectivity index (χ1v) is 12.3. The second kappa shape index (κ2) is 8.47. The predicted molar refractivity (Wildman–Crippen MR) is 132 cm³/mol. The van der Waals surface area contributed by atoms with E-state index in [4.69, 9.17) is 9.47 Å². The van der Waals surface area contributed by atoms with Crippen molar-refractivity contribution in [3.05, 3.63) is 88.7 Å². The Morgan fingerprint density at radius 1 is 1.00 bits per heavy atom. The summed E-state index contributed by atoms with van der Waals surface area (Å²) in [5.74, 6) is 0.0189. The van der Waals surface area contributed by atoms with Crippen molar-refractivity contribution in [3.63, 3.8) is 0 Å². The van der Waals surface area contributed by atoms with Crippen molar-refractivity contribution in [2.24, 2.45) is 0 Å². The maximum absolute atomic E-state index is 13.4. The summed E-state index contributed by atoms with van der Waals surface area (Å²) < 4.78 is 11.8. The minimum absolute atomic E-state index is 0.0189. The van der Waals surface area contributed by atoms with Gasteiger partial charge < -0.3 is 14.6 Å². The fraction of sp³-hybridized carbons (Fsp3) is 0.379. The van der Waals surface area contributed by atoms with Crippen LogP contribution in [0.3, 0.4) is 0 Å². The number of aliphatic hydroxyl groups is 1. The molecule has 3 heterocycles. The van der Waals surface area contributed by atoms with Gasteiger partial charge in [0, 0.05) is 35.7 Å². The average molecular weight is 471 g/mol. The summed E-state index contributed by atoms with van der Waals surface area (Å²) in [7, 11) is 0. The molecule has 2 aliphatic heterocycles. The maximum atomic E-state index is 13.4. The first-order chi connectivity index (χ1) is 16.9. The molecule has 1 amide bonds. The number of carbonyl (C=O) groups excluding carboxylic acids is 1. The summed E-state index contributed by atoms with van der Waals surface area (Å²) in [5.41, 5.74) is 6.37. The Balaban J connectivity index is 1.21. The van der Waals surface area contributed by atoms with Crippen LogP contribution in [0.4, 0.5) is 4.79 Å². The molecule has 6 rings (SSSR count). The Kier molecular flexibility index (Phi) is 5.38. The lowest BCUT2D eigenvalue weighted by Gasteiger charge is -2.51. The minimum Gasteiger partial charge on any atom is -0.448 e. The molecule has 0 saturated carbocycles. The number of ether oxygens (including phenoxy) is 2. The van der Waals surface area contributed by atoms with Gasteiger partial charge in [-0.05, 0) is 42.2 Å². The van der Waals surface area contributed by atoms with Crippen molar-refractivity contribution in [1.82, 2.24) is 9.88 Å². The summed E-state index contributed by atoms with van der Waals surface area (Å²) in [6.45, 7) is 4.95. The van der Waals surface area contributed by atoms with Crippen molar-refractivity contribution in [3.8, 4) is 11.1 Å². The number of benzene rings is 2. The lowest BCUT2D eigenvalue weighted by Crippen LogP contribution is -2.62. The summed E-state index contributed by atoms with van der Waals surface area (Å²) >= 11 is 0. The summed E-state index contributed by atoms with van der Waals surface area (Å²) in [5, 5.41) is 11.7. The molecule has 0 radical (unpaired) electrons. The largest absolute Gasteiger partial charge is 0.448 e. The van der Waals surface area contributed by atoms with Crippen LogP contribution in [0.2, 0.25) is 0 Å². The molecule has 2 fully saturated rings. The van der Waals surface area contributed by atoms with E-state index in [9.17, 15) is 9.90 Å². The molecule has 1 N–H and O–H groups in total. The Labute approximate surface area is 205 Å². The number of nitrogens with zero attached hydrogens (tertiary/aromatic N) is 2. The number of fused-ring (bicyclic) bond motifs is 5. The van der Waals surface area contributed by atoms with Gasteiger partial charge in [-0.25, -0.2) is 4.79 Å². The van der Waals surface area contributed by atoms with E-state index in [1.165, 1.54) is 22.3 Å². The van der Waals surface area contributed by atoms with Crippen LogP contribution in [0.25, 0.3) is 11.1 Å². The molecular formula is C29H30N2O4. The topological polar surface area (TPSA) is 71.9 Å². The van der Waals surface area contributed by atoms with Crippen LogP contribution >= 0.6 is 0 Å². The first kappa shape index (κ1) is 22.3. The Morgan fingerprint density at radius 3 is 2.20 bits per heavy atom. The smallest absolute Gasteiger partial charge is 0.410 e. The Hall–Kier alpha value is -3.22. The number of hydrogen-bond donors (Lipinski definition) is 1. The fourth-order valence-corrected chi connectivity index (χ4v) is 6.34. The van der Waals surface area contributed by atoms with Gasteiger partial charge in [0.05, 0.1) is 30.9 Å². The summed E-state index contributed by atoms with van der Waals surface area (Å²) in [4.78, 5) is 19.8. The lowest BCUT2D eigenvalue weighted by atomic mass is 9.76. The molecule has 2 aromatic carbocycles. The van der Waals surface area contributed by atoms with E-state index in [0.717, 1.165) is 17.0 Å². The van der Waals surface area contributed by atoms with E-state index < -0.39 is 5.60 Å². The monoisotopic (exact) mass is 470 g/mol. The molecular weight excluding hydrogens is 440 g/mol. The highest BCUT2D eigenvalue weighted by atomic mass is 16.6. The molecule has 35 heavy (non-hydrogen) atoms. The van der Waals surface area contributed by atoms with Crippen molar-refractivity contribution in [2.75, 3.05) is 19.8 Å². The molecule has 3 aromatic rings. The minimum atomic E-state index is -1.04. The van der Waals surface area contributed by atoms with E-state index in [2.05, 4.69) is 29.2 Å². The maximum Gasteiger partial charge on any atom is 0.410 e. The Morgan fingerprint density at radius 2 is 1.60 bits per heavy atom. The zero-order valence-electron chi connectivity index (χ0n) is 20.1. The molecule has 1 aliphatic carbocycles. The van der Waals surface area contributed by atoms with Gasteiger partial charge in [0.15, 0.2) is 0 Å². The number of rotatable bonds is 3. The number of hydrogen-bond acceptors (Lipinski definition) is 5. The van der Waals surface area contributed by atoms with Gasteiger partial charge in [0.2, 0.25) is 0 Å². The molecule has 2 unspecified atom stereocenters. The predicted octanol–water partition coefficient (Wildman–Crippen LogP) is 4.70. The standard InChI is InChI=1S/C29H30N2O4/c1-18-11-12-27(19(2)30-18)29(33)13-20-15-34-16-21(14-29)31(20)28(32)35-17-26-24-9-5-3-7-22(24)23-8-4-6-10-25(23)26/h3-12,20-21,26,33H,13-17H2,1-2H3. The lowest BCUT2D eigenvalue weighted by molar-refractivity contribution is -0.136. The highest BCUT2D eigenvalue weighted by molar-refractivity contribution is 5.79. The van der Waals surface area contributed by atoms with E-state index >= 15 is 0 Å². The van der Waals surface area contributed by atoms with Gasteiger partial charge in [-0.2, -0.15) is 0 Å². The third kappa shape index (κ3) is 3.72. The number of carbonyl (C=O) groups is 1. The number of piperidine rings is 1. The van der Waals surface area contributed by atoms with Gasteiger partial charge in [0.25, 0.3) is 0 Å². The fourth-order valence-electron chi connectivity index (χ4n) is 6.34. The van der Waals surface area contributed by atoms with Crippen molar-refractivity contribution in [1.29, 1.82) is 0 Å². The van der Waals surface area contributed by atoms with Gasteiger partial charge in [-0.1, -0.05) is 54.6 Å². The highest BCUT2D eigenvalue weighted by Crippen LogP contribution is 2.45. The first-order valence-electron chi connectivity index (χ1n) is 12.3. The molecule has 2 bridgehead atoms. The van der Waals surface area contributed by atoms with Crippen LogP contribution in [0, 0.1) is 13.8 Å². The SMILES string of the molecule is Cc1ccc(C2(O)CC3COCC(C2)N3C(=O)OCC2c3ccccc3-c3ccccc32)c(C)n1. The average Bonchev–Trinajstić information content (AvgIpc) is 3.15. The number of pyridine rings is 1. The zero-order chi connectivity index (χ0) is 24.2. The molecule has 2 saturated heterocycles. The molecule has 0 spiro atoms. The molecule has 6 heteroatoms. The van der Waals surface area contributed by atoms with Crippen LogP contribution in [-0.2, 0) is 15.1 Å². The van der Waals surface area contributed by atoms with Crippen LogP contribution in [-0.4, -0.2) is 53.0 Å². The number of aromatic nitrogens is 1. The zero-order valence-corrected chi connectivity index (χ0v) is 20.1. The summed E-state index contributed by atoms with van der Waals surface area (Å²) in [6, 6.07) is 20.1. The number of morpholine rings is 1. The van der Waals surface area contributed by atoms with E-state index in [0.29, 0.717) is 26.1 Å². The van der Waals surface area contributed by atoms with Crippen LogP contribution in [0.5, 0.6) is 0 Å². The second-order valence-electron chi connectivity index (χ2n) is 10.1. The summed E-state index contributed by atoms with van der Waals surface area (Å²) in [6.07, 6.45) is 0.476. The molecule has 3 aliphatic rings. The second-order valence-corrected chi connectivity index (χ2v) is 10.1. The van der Waals surface area contributed by atoms with Gasteiger partial charge >= 0.3 is 6.09 Å². The van der Waals surface area contributed by atoms with Crippen LogP contribution in [0.1, 0.15) is 46.8 Å². The molecule has 6 nitrogen and oxygen atoms in total. The van der Waals surface area contributed by atoms with Crippen molar-refractivity contribution >= 4 is 6.09 Å². The molecule has 1 aromatic heterocycles. The van der Waals surface area contributed by atoms with Gasteiger partial charge in [-0.3, -0.25) is 9.88 Å². The number of amides is 1. The van der Waals surface area contributed by atoms with E-state index in [1.54, 1.807) is 0 Å². The highest BCUT2D eigenvalue weighted by Gasteiger charge is 2.50. The van der Waals surface area contributed by atoms with Crippen molar-refractivity contribution < 1.29 is 19.4 Å². The molecule has 180 valence electrons. The molecule has 2 atom stereocenters. The van der Waals surface area contributed by atoms with Crippen molar-refractivity contribution in [2.45, 2.75) is 50.3 Å².